The van der Waals surface area contributed by atoms with E-state index in [1.54, 1.807) is 28.8 Å². The van der Waals surface area contributed by atoms with Crippen LogP contribution < -0.4 is 5.32 Å². The summed E-state index contributed by atoms with van der Waals surface area (Å²) in [5.41, 5.74) is 0. The molecule has 1 atom stereocenters. The SMILES string of the molecule is CC1CCNCCN(S(=O)(=O)c2ccc3cnccc3c2)C1. The van der Waals surface area contributed by atoms with Gasteiger partial charge in [0.2, 0.25) is 10.0 Å². The van der Waals surface area contributed by atoms with E-state index in [1.807, 2.05) is 12.1 Å². The van der Waals surface area contributed by atoms with Crippen molar-refractivity contribution in [1.29, 1.82) is 0 Å². The van der Waals surface area contributed by atoms with Crippen molar-refractivity contribution in [2.45, 2.75) is 18.2 Å². The molecule has 1 N–H and O–H groups in total. The first-order valence-corrected chi connectivity index (χ1v) is 9.06. The molecule has 0 saturated carbocycles. The molecule has 1 fully saturated rings. The van der Waals surface area contributed by atoms with Crippen LogP contribution in [-0.4, -0.2) is 43.9 Å². The van der Waals surface area contributed by atoms with Crippen molar-refractivity contribution in [2.75, 3.05) is 26.2 Å². The Morgan fingerprint density at radius 3 is 2.95 bits per heavy atom. The summed E-state index contributed by atoms with van der Waals surface area (Å²) in [7, 11) is -3.45. The maximum Gasteiger partial charge on any atom is 0.243 e. The molecule has 1 unspecified atom stereocenters. The zero-order valence-electron chi connectivity index (χ0n) is 12.7. The predicted molar refractivity (Wildman–Crippen MR) is 87.2 cm³/mol. The number of nitrogens with one attached hydrogen (secondary N) is 1. The number of fused-ring (bicyclic) bond motifs is 1. The van der Waals surface area contributed by atoms with Crippen molar-refractivity contribution >= 4 is 20.8 Å². The van der Waals surface area contributed by atoms with Crippen molar-refractivity contribution in [1.82, 2.24) is 14.6 Å². The maximum atomic E-state index is 12.9. The summed E-state index contributed by atoms with van der Waals surface area (Å²) in [5.74, 6) is 0.354. The number of nitrogens with zero attached hydrogens (tertiary/aromatic N) is 2. The molecule has 22 heavy (non-hydrogen) atoms. The van der Waals surface area contributed by atoms with Gasteiger partial charge in [0, 0.05) is 37.4 Å². The Balaban J connectivity index is 1.95. The Labute approximate surface area is 131 Å². The molecule has 3 rings (SSSR count). The summed E-state index contributed by atoms with van der Waals surface area (Å²) in [6.07, 6.45) is 4.42. The van der Waals surface area contributed by atoms with E-state index < -0.39 is 10.0 Å². The highest BCUT2D eigenvalue weighted by atomic mass is 32.2. The highest BCUT2D eigenvalue weighted by molar-refractivity contribution is 7.89. The smallest absolute Gasteiger partial charge is 0.243 e. The summed E-state index contributed by atoms with van der Waals surface area (Å²) >= 11 is 0. The van der Waals surface area contributed by atoms with E-state index in [4.69, 9.17) is 0 Å². The molecule has 1 aliphatic heterocycles. The largest absolute Gasteiger partial charge is 0.315 e. The van der Waals surface area contributed by atoms with E-state index in [0.29, 0.717) is 30.4 Å². The van der Waals surface area contributed by atoms with Crippen LogP contribution in [0.1, 0.15) is 13.3 Å². The number of pyridine rings is 1. The first-order chi connectivity index (χ1) is 10.6. The normalized spacial score (nSPS) is 21.4. The summed E-state index contributed by atoms with van der Waals surface area (Å²) < 4.78 is 27.5. The molecule has 118 valence electrons. The van der Waals surface area contributed by atoms with Crippen molar-refractivity contribution in [2.24, 2.45) is 5.92 Å². The lowest BCUT2D eigenvalue weighted by molar-refractivity contribution is 0.316. The van der Waals surface area contributed by atoms with E-state index in [0.717, 1.165) is 23.7 Å². The van der Waals surface area contributed by atoms with Gasteiger partial charge in [-0.1, -0.05) is 13.0 Å². The maximum absolute atomic E-state index is 12.9. The topological polar surface area (TPSA) is 62.3 Å². The van der Waals surface area contributed by atoms with Gasteiger partial charge in [0.1, 0.15) is 0 Å². The molecule has 1 aromatic heterocycles. The summed E-state index contributed by atoms with van der Waals surface area (Å²) in [5, 5.41) is 5.13. The molecule has 5 nitrogen and oxygen atoms in total. The molecule has 1 aliphatic rings. The fourth-order valence-corrected chi connectivity index (χ4v) is 4.39. The lowest BCUT2D eigenvalue weighted by Gasteiger charge is -2.28. The number of hydrogen-bond donors (Lipinski definition) is 1. The van der Waals surface area contributed by atoms with E-state index in [1.165, 1.54) is 0 Å². The minimum absolute atomic E-state index is 0.354. The predicted octanol–water partition coefficient (Wildman–Crippen LogP) is 1.85. The highest BCUT2D eigenvalue weighted by Crippen LogP contribution is 2.22. The number of hydrogen-bond acceptors (Lipinski definition) is 4. The third-order valence-corrected chi connectivity index (χ3v) is 5.98. The summed E-state index contributed by atoms with van der Waals surface area (Å²) in [6, 6.07) is 7.08. The second-order valence-corrected chi connectivity index (χ2v) is 7.83. The molecular weight excluding hydrogens is 298 g/mol. The van der Waals surface area contributed by atoms with Gasteiger partial charge < -0.3 is 5.32 Å². The molecular formula is C16H21N3O2S. The van der Waals surface area contributed by atoms with Crippen molar-refractivity contribution in [3.8, 4) is 0 Å². The number of rotatable bonds is 2. The van der Waals surface area contributed by atoms with E-state index in [9.17, 15) is 8.42 Å². The zero-order valence-corrected chi connectivity index (χ0v) is 13.5. The minimum atomic E-state index is -3.45. The zero-order chi connectivity index (χ0) is 15.6. The van der Waals surface area contributed by atoms with Gasteiger partial charge in [0.25, 0.3) is 0 Å². The van der Waals surface area contributed by atoms with Crippen molar-refractivity contribution in [3.05, 3.63) is 36.7 Å². The minimum Gasteiger partial charge on any atom is -0.315 e. The van der Waals surface area contributed by atoms with E-state index in [-0.39, 0.29) is 0 Å². The van der Waals surface area contributed by atoms with Crippen LogP contribution in [0.15, 0.2) is 41.6 Å². The van der Waals surface area contributed by atoms with Crippen LogP contribution in [0, 0.1) is 5.92 Å². The standard InChI is InChI=1S/C16H21N3O2S/c1-13-4-6-17-8-9-19(12-13)22(20,21)16-3-2-15-11-18-7-5-14(15)10-16/h2-3,5,7,10-11,13,17H,4,6,8-9,12H2,1H3. The number of benzene rings is 1. The summed E-state index contributed by atoms with van der Waals surface area (Å²) in [4.78, 5) is 4.42. The van der Waals surface area contributed by atoms with Gasteiger partial charge in [-0.05, 0) is 42.5 Å². The molecule has 0 spiro atoms. The quantitative estimate of drug-likeness (QED) is 0.918. The fraction of sp³-hybridized carbons (Fsp3) is 0.438. The monoisotopic (exact) mass is 319 g/mol. The first kappa shape index (κ1) is 15.4. The third kappa shape index (κ3) is 3.14. The fourth-order valence-electron chi connectivity index (χ4n) is 2.80. The Kier molecular flexibility index (Phi) is 4.42. The van der Waals surface area contributed by atoms with E-state index >= 15 is 0 Å². The Morgan fingerprint density at radius 1 is 1.23 bits per heavy atom. The molecule has 6 heteroatoms. The Morgan fingerprint density at radius 2 is 2.09 bits per heavy atom. The molecule has 0 bridgehead atoms. The second kappa shape index (κ2) is 6.32. The molecule has 0 aliphatic carbocycles. The lowest BCUT2D eigenvalue weighted by Crippen LogP contribution is -2.42. The number of aromatic nitrogens is 1. The van der Waals surface area contributed by atoms with Gasteiger partial charge in [0.15, 0.2) is 0 Å². The average molecular weight is 319 g/mol. The molecule has 0 radical (unpaired) electrons. The molecule has 2 heterocycles. The van der Waals surface area contributed by atoms with Gasteiger partial charge in [-0.2, -0.15) is 4.31 Å². The summed E-state index contributed by atoms with van der Waals surface area (Å²) in [6.45, 7) is 4.85. The van der Waals surface area contributed by atoms with Crippen LogP contribution >= 0.6 is 0 Å². The van der Waals surface area contributed by atoms with Gasteiger partial charge in [-0.15, -0.1) is 0 Å². The molecule has 0 amide bonds. The van der Waals surface area contributed by atoms with Crippen LogP contribution in [0.3, 0.4) is 0 Å². The average Bonchev–Trinajstić information content (AvgIpc) is 2.50. The number of sulfonamides is 1. The highest BCUT2D eigenvalue weighted by Gasteiger charge is 2.26. The molecule has 1 aromatic carbocycles. The van der Waals surface area contributed by atoms with Crippen LogP contribution in [0.2, 0.25) is 0 Å². The molecule has 2 aromatic rings. The van der Waals surface area contributed by atoms with Crippen molar-refractivity contribution in [3.63, 3.8) is 0 Å². The van der Waals surface area contributed by atoms with Gasteiger partial charge >= 0.3 is 0 Å². The van der Waals surface area contributed by atoms with Crippen molar-refractivity contribution < 1.29 is 8.42 Å². The Hall–Kier alpha value is -1.50. The van der Waals surface area contributed by atoms with Gasteiger partial charge in [-0.3, -0.25) is 4.98 Å². The van der Waals surface area contributed by atoms with Gasteiger partial charge in [0.05, 0.1) is 4.90 Å². The third-order valence-electron chi connectivity index (χ3n) is 4.12. The lowest BCUT2D eigenvalue weighted by atomic mass is 10.1. The molecule has 1 saturated heterocycles. The van der Waals surface area contributed by atoms with Crippen LogP contribution in [-0.2, 0) is 10.0 Å². The van der Waals surface area contributed by atoms with Gasteiger partial charge in [-0.25, -0.2) is 8.42 Å². The second-order valence-electron chi connectivity index (χ2n) is 5.89. The first-order valence-electron chi connectivity index (χ1n) is 7.62. The van der Waals surface area contributed by atoms with E-state index in [2.05, 4.69) is 17.2 Å². The van der Waals surface area contributed by atoms with Crippen LogP contribution in [0.5, 0.6) is 0 Å². The Bertz CT molecular complexity index is 761. The van der Waals surface area contributed by atoms with Crippen LogP contribution in [0.25, 0.3) is 10.8 Å². The van der Waals surface area contributed by atoms with Crippen LogP contribution in [0.4, 0.5) is 0 Å².